The first-order valence-corrected chi connectivity index (χ1v) is 9.97. The number of pyridine rings is 2. The first-order valence-electron chi connectivity index (χ1n) is 9.59. The maximum Gasteiger partial charge on any atom is 0.339 e. The highest BCUT2D eigenvalue weighted by atomic mass is 35.5. The third-order valence-corrected chi connectivity index (χ3v) is 5.77. The molecule has 7 nitrogen and oxygen atoms in total. The van der Waals surface area contributed by atoms with Crippen LogP contribution in [0.2, 0.25) is 5.02 Å². The maximum atomic E-state index is 11.9. The van der Waals surface area contributed by atoms with Gasteiger partial charge in [0.15, 0.2) is 5.65 Å². The first-order chi connectivity index (χ1) is 14.0. The Morgan fingerprint density at radius 3 is 2.72 bits per heavy atom. The Kier molecular flexibility index (Phi) is 4.29. The highest BCUT2D eigenvalue weighted by molar-refractivity contribution is 6.31. The summed E-state index contributed by atoms with van der Waals surface area (Å²) in [6.07, 6.45) is 1.08. The molecule has 0 atom stereocenters. The van der Waals surface area contributed by atoms with Crippen molar-refractivity contribution >= 4 is 51.1 Å². The molecular formula is C21H20ClN5O2. The van der Waals surface area contributed by atoms with Crippen molar-refractivity contribution in [3.63, 3.8) is 0 Å². The Morgan fingerprint density at radius 2 is 1.90 bits per heavy atom. The lowest BCUT2D eigenvalue weighted by Gasteiger charge is -2.22. The van der Waals surface area contributed by atoms with Gasteiger partial charge in [0.05, 0.1) is 11.0 Å². The van der Waals surface area contributed by atoms with Crippen molar-refractivity contribution in [2.24, 2.45) is 0 Å². The van der Waals surface area contributed by atoms with E-state index in [-0.39, 0.29) is 5.56 Å². The number of aromatic nitrogens is 3. The molecule has 4 heterocycles. The molecule has 1 aromatic carbocycles. The summed E-state index contributed by atoms with van der Waals surface area (Å²) < 4.78 is 1.81. The largest absolute Gasteiger partial charge is 0.478 e. The molecule has 1 N–H and O–H groups in total. The number of fused-ring (bicyclic) bond motifs is 5. The Morgan fingerprint density at radius 1 is 1.03 bits per heavy atom. The van der Waals surface area contributed by atoms with Crippen molar-refractivity contribution in [3.8, 4) is 0 Å². The van der Waals surface area contributed by atoms with Crippen LogP contribution in [0, 0.1) is 0 Å². The van der Waals surface area contributed by atoms with Crippen molar-refractivity contribution in [2.75, 3.05) is 38.1 Å². The third kappa shape index (κ3) is 3.07. The highest BCUT2D eigenvalue weighted by Crippen LogP contribution is 2.29. The zero-order valence-electron chi connectivity index (χ0n) is 16.0. The van der Waals surface area contributed by atoms with Crippen LogP contribution < -0.4 is 4.90 Å². The summed E-state index contributed by atoms with van der Waals surface area (Å²) in [4.78, 5) is 26.0. The maximum absolute atomic E-state index is 11.9. The zero-order valence-corrected chi connectivity index (χ0v) is 16.7. The summed E-state index contributed by atoms with van der Waals surface area (Å²) in [6.45, 7) is 3.90. The van der Waals surface area contributed by atoms with E-state index in [9.17, 15) is 9.90 Å². The summed E-state index contributed by atoms with van der Waals surface area (Å²) in [7, 11) is 2.13. The van der Waals surface area contributed by atoms with E-state index in [4.69, 9.17) is 16.6 Å². The minimum Gasteiger partial charge on any atom is -0.478 e. The van der Waals surface area contributed by atoms with Crippen LogP contribution >= 0.6 is 11.6 Å². The van der Waals surface area contributed by atoms with Gasteiger partial charge in [-0.05, 0) is 56.4 Å². The van der Waals surface area contributed by atoms with Crippen LogP contribution in [0.5, 0.6) is 0 Å². The second-order valence-corrected chi connectivity index (χ2v) is 7.93. The van der Waals surface area contributed by atoms with Crippen molar-refractivity contribution < 1.29 is 9.90 Å². The molecule has 1 saturated heterocycles. The summed E-state index contributed by atoms with van der Waals surface area (Å²) in [6, 6.07) is 10.9. The number of halogens is 1. The van der Waals surface area contributed by atoms with Crippen LogP contribution in [-0.2, 0) is 0 Å². The average molecular weight is 410 g/mol. The zero-order chi connectivity index (χ0) is 20.1. The predicted octanol–water partition coefficient (Wildman–Crippen LogP) is 3.53. The number of imidazole rings is 1. The molecule has 0 aliphatic carbocycles. The molecule has 148 valence electrons. The van der Waals surface area contributed by atoms with Gasteiger partial charge in [0.2, 0.25) is 0 Å². The van der Waals surface area contributed by atoms with E-state index < -0.39 is 5.97 Å². The summed E-state index contributed by atoms with van der Waals surface area (Å²) >= 11 is 6.22. The van der Waals surface area contributed by atoms with E-state index in [2.05, 4.69) is 21.8 Å². The Hall–Kier alpha value is -2.90. The molecule has 1 aliphatic rings. The Balaban J connectivity index is 1.79. The van der Waals surface area contributed by atoms with Gasteiger partial charge in [-0.1, -0.05) is 11.6 Å². The molecule has 0 amide bonds. The van der Waals surface area contributed by atoms with Crippen LogP contribution in [0.25, 0.3) is 27.7 Å². The Labute approximate surface area is 172 Å². The molecule has 0 radical (unpaired) electrons. The van der Waals surface area contributed by atoms with Gasteiger partial charge in [-0.15, -0.1) is 0 Å². The number of hydrogen-bond donors (Lipinski definition) is 1. The number of carboxylic acid groups (broad SMARTS) is 1. The lowest BCUT2D eigenvalue weighted by atomic mass is 10.2. The fourth-order valence-corrected chi connectivity index (χ4v) is 4.18. The number of carboxylic acids is 1. The van der Waals surface area contributed by atoms with E-state index in [1.807, 2.05) is 16.5 Å². The predicted molar refractivity (Wildman–Crippen MR) is 114 cm³/mol. The molecule has 8 heteroatoms. The SMILES string of the molecule is CN1CCCN(c2ccc3cc(C(=O)O)c4nc5ccc(Cl)cc5n4c3n2)CC1. The second kappa shape index (κ2) is 6.86. The van der Waals surface area contributed by atoms with Crippen LogP contribution in [0.1, 0.15) is 16.8 Å². The number of carbonyl (C=O) groups is 1. The summed E-state index contributed by atoms with van der Waals surface area (Å²) in [5.74, 6) is -0.126. The minimum atomic E-state index is -1.02. The van der Waals surface area contributed by atoms with E-state index >= 15 is 0 Å². The average Bonchev–Trinajstić information content (AvgIpc) is 2.94. The summed E-state index contributed by atoms with van der Waals surface area (Å²) in [5.41, 5.74) is 2.65. The first kappa shape index (κ1) is 18.1. The number of anilines is 1. The fraction of sp³-hybridized carbons (Fsp3) is 0.286. The molecule has 0 unspecified atom stereocenters. The lowest BCUT2D eigenvalue weighted by molar-refractivity contribution is 0.0698. The standard InChI is InChI=1S/C21H20ClN5O2/c1-25-7-2-8-26(10-9-25)18-6-3-13-11-15(21(28)29)20-23-16-5-4-14(22)12-17(16)27(20)19(13)24-18/h3-6,11-12H,2,7-10H2,1H3,(H,28,29). The number of aromatic carboxylic acids is 1. The van der Waals surface area contributed by atoms with Crippen molar-refractivity contribution in [2.45, 2.75) is 6.42 Å². The molecule has 3 aromatic heterocycles. The van der Waals surface area contributed by atoms with Gasteiger partial charge in [0.25, 0.3) is 0 Å². The third-order valence-electron chi connectivity index (χ3n) is 5.53. The van der Waals surface area contributed by atoms with Crippen LogP contribution in [-0.4, -0.2) is 63.6 Å². The molecule has 1 aliphatic heterocycles. The number of likely N-dealkylation sites (N-methyl/N-ethyl adjacent to an activating group) is 1. The molecule has 5 rings (SSSR count). The normalized spacial score (nSPS) is 16.0. The van der Waals surface area contributed by atoms with Crippen molar-refractivity contribution in [1.29, 1.82) is 0 Å². The molecule has 1 fully saturated rings. The quantitative estimate of drug-likeness (QED) is 0.546. The number of nitrogens with zero attached hydrogens (tertiary/aromatic N) is 5. The fourth-order valence-electron chi connectivity index (χ4n) is 4.01. The van der Waals surface area contributed by atoms with Crippen LogP contribution in [0.3, 0.4) is 0 Å². The molecule has 29 heavy (non-hydrogen) atoms. The van der Waals surface area contributed by atoms with Gasteiger partial charge >= 0.3 is 5.97 Å². The molecule has 0 bridgehead atoms. The number of rotatable bonds is 2. The molecule has 0 spiro atoms. The van der Waals surface area contributed by atoms with E-state index in [1.165, 1.54) is 0 Å². The monoisotopic (exact) mass is 409 g/mol. The van der Waals surface area contributed by atoms with Gasteiger partial charge < -0.3 is 14.9 Å². The van der Waals surface area contributed by atoms with Crippen molar-refractivity contribution in [1.82, 2.24) is 19.3 Å². The topological polar surface area (TPSA) is 74.0 Å². The van der Waals surface area contributed by atoms with Gasteiger partial charge in [-0.25, -0.2) is 14.8 Å². The van der Waals surface area contributed by atoms with Crippen LogP contribution in [0.4, 0.5) is 5.82 Å². The molecular weight excluding hydrogens is 390 g/mol. The molecule has 4 aromatic rings. The lowest BCUT2D eigenvalue weighted by Crippen LogP contribution is -2.29. The highest BCUT2D eigenvalue weighted by Gasteiger charge is 2.20. The summed E-state index contributed by atoms with van der Waals surface area (Å²) in [5, 5.41) is 11.0. The van der Waals surface area contributed by atoms with Gasteiger partial charge in [-0.3, -0.25) is 4.40 Å². The van der Waals surface area contributed by atoms with Crippen molar-refractivity contribution in [3.05, 3.63) is 47.0 Å². The second-order valence-electron chi connectivity index (χ2n) is 7.49. The van der Waals surface area contributed by atoms with E-state index in [0.717, 1.165) is 49.3 Å². The minimum absolute atomic E-state index is 0.149. The van der Waals surface area contributed by atoms with E-state index in [1.54, 1.807) is 24.3 Å². The van der Waals surface area contributed by atoms with Gasteiger partial charge in [0.1, 0.15) is 17.0 Å². The number of benzene rings is 1. The van der Waals surface area contributed by atoms with E-state index in [0.29, 0.717) is 21.8 Å². The Bertz CT molecular complexity index is 1270. The van der Waals surface area contributed by atoms with Crippen LogP contribution in [0.15, 0.2) is 36.4 Å². The van der Waals surface area contributed by atoms with Gasteiger partial charge in [-0.2, -0.15) is 0 Å². The van der Waals surface area contributed by atoms with Gasteiger partial charge in [0, 0.05) is 30.0 Å². The smallest absolute Gasteiger partial charge is 0.339 e. The number of hydrogen-bond acceptors (Lipinski definition) is 5. The molecule has 0 saturated carbocycles.